The maximum Gasteiger partial charge on any atom is 0.440 e. The lowest BCUT2D eigenvalue weighted by molar-refractivity contribution is 0.147. The van der Waals surface area contributed by atoms with Gasteiger partial charge in [0.2, 0.25) is 0 Å². The standard InChI is InChI=1S/C6H10N2O3.C6H10N2O2/c1-6(2,3)8-4(9)7-5(10)11-8;1-6(2,3)4-7-5(9)10-8-4/h1-3H3,(H,7,9,10);1-3H3,(H,7,8,9). The van der Waals surface area contributed by atoms with Gasteiger partial charge in [-0.3, -0.25) is 9.51 Å². The van der Waals surface area contributed by atoms with Crippen LogP contribution in [-0.2, 0) is 11.0 Å². The van der Waals surface area contributed by atoms with Crippen LogP contribution < -0.4 is 17.2 Å². The predicted molar refractivity (Wildman–Crippen MR) is 74.4 cm³/mol. The van der Waals surface area contributed by atoms with Crippen molar-refractivity contribution in [2.75, 3.05) is 0 Å². The highest BCUT2D eigenvalue weighted by atomic mass is 16.5. The summed E-state index contributed by atoms with van der Waals surface area (Å²) in [5.74, 6) is -0.632. The van der Waals surface area contributed by atoms with E-state index in [9.17, 15) is 14.4 Å². The Balaban J connectivity index is 0.000000211. The molecule has 0 fully saturated rings. The predicted octanol–water partition coefficient (Wildman–Crippen LogP) is 0.545. The molecule has 0 saturated heterocycles. The number of aromatic amines is 2. The first kappa shape index (κ1) is 16.7. The summed E-state index contributed by atoms with van der Waals surface area (Å²) in [5, 5.41) is 3.54. The van der Waals surface area contributed by atoms with Gasteiger partial charge in [-0.2, -0.15) is 0 Å². The van der Waals surface area contributed by atoms with Crippen molar-refractivity contribution in [2.45, 2.75) is 52.5 Å². The molecule has 2 aromatic heterocycles. The van der Waals surface area contributed by atoms with Gasteiger partial charge in [0.1, 0.15) is 0 Å². The van der Waals surface area contributed by atoms with Crippen LogP contribution in [0.3, 0.4) is 0 Å². The van der Waals surface area contributed by atoms with E-state index in [-0.39, 0.29) is 5.41 Å². The molecule has 118 valence electrons. The molecule has 0 radical (unpaired) electrons. The molecule has 21 heavy (non-hydrogen) atoms. The Morgan fingerprint density at radius 2 is 1.52 bits per heavy atom. The fourth-order valence-corrected chi connectivity index (χ4v) is 1.28. The number of nitrogens with one attached hydrogen (secondary N) is 2. The van der Waals surface area contributed by atoms with Crippen molar-refractivity contribution in [3.05, 3.63) is 37.4 Å². The van der Waals surface area contributed by atoms with Crippen LogP contribution in [0.5, 0.6) is 0 Å². The first-order valence-electron chi connectivity index (χ1n) is 6.31. The number of H-pyrrole nitrogens is 2. The van der Waals surface area contributed by atoms with Gasteiger partial charge in [-0.15, -0.1) is 4.74 Å². The molecule has 0 unspecified atom stereocenters. The molecule has 0 amide bonds. The van der Waals surface area contributed by atoms with Gasteiger partial charge in [0, 0.05) is 5.41 Å². The van der Waals surface area contributed by atoms with Gasteiger partial charge >= 0.3 is 17.2 Å². The summed E-state index contributed by atoms with van der Waals surface area (Å²) in [4.78, 5) is 36.3. The molecule has 0 aliphatic rings. The highest BCUT2D eigenvalue weighted by Gasteiger charge is 2.19. The smallest absolute Gasteiger partial charge is 0.316 e. The van der Waals surface area contributed by atoms with E-state index < -0.39 is 22.7 Å². The normalized spacial score (nSPS) is 11.9. The van der Waals surface area contributed by atoms with Gasteiger partial charge in [0.15, 0.2) is 5.82 Å². The molecule has 2 N–H and O–H groups in total. The molecule has 0 bridgehead atoms. The monoisotopic (exact) mass is 300 g/mol. The maximum atomic E-state index is 10.9. The van der Waals surface area contributed by atoms with Crippen molar-refractivity contribution in [2.24, 2.45) is 0 Å². The van der Waals surface area contributed by atoms with E-state index in [0.717, 1.165) is 4.74 Å². The Kier molecular flexibility index (Phi) is 4.45. The molecule has 0 spiro atoms. The van der Waals surface area contributed by atoms with Crippen molar-refractivity contribution in [1.29, 1.82) is 0 Å². The first-order chi connectivity index (χ1) is 9.41. The Bertz CT molecular complexity index is 744. The van der Waals surface area contributed by atoms with Crippen LogP contribution in [-0.4, -0.2) is 19.9 Å². The number of rotatable bonds is 0. The summed E-state index contributed by atoms with van der Waals surface area (Å²) in [6, 6.07) is 0. The molecule has 2 heterocycles. The van der Waals surface area contributed by atoms with Gasteiger partial charge in [-0.1, -0.05) is 25.9 Å². The number of hydrogen-bond donors (Lipinski definition) is 2. The quantitative estimate of drug-likeness (QED) is 0.731. The van der Waals surface area contributed by atoms with Gasteiger partial charge in [0.05, 0.1) is 5.54 Å². The average molecular weight is 300 g/mol. The lowest BCUT2D eigenvalue weighted by atomic mass is 9.96. The zero-order chi connectivity index (χ0) is 16.4. The largest absolute Gasteiger partial charge is 0.440 e. The van der Waals surface area contributed by atoms with E-state index in [1.54, 1.807) is 20.8 Å². The van der Waals surface area contributed by atoms with E-state index in [2.05, 4.69) is 19.2 Å². The number of aromatic nitrogens is 4. The number of hydrogen-bond acceptors (Lipinski definition) is 6. The Hall–Kier alpha value is -2.32. The van der Waals surface area contributed by atoms with Crippen LogP contribution in [0.1, 0.15) is 47.4 Å². The Morgan fingerprint density at radius 1 is 0.952 bits per heavy atom. The molecule has 0 atom stereocenters. The van der Waals surface area contributed by atoms with Crippen molar-refractivity contribution < 1.29 is 9.05 Å². The summed E-state index contributed by atoms with van der Waals surface area (Å²) in [6.07, 6.45) is 0. The maximum absolute atomic E-state index is 10.9. The Labute approximate surface area is 119 Å². The molecule has 9 nitrogen and oxygen atoms in total. The van der Waals surface area contributed by atoms with Gasteiger partial charge < -0.3 is 4.52 Å². The van der Waals surface area contributed by atoms with Crippen LogP contribution in [0.25, 0.3) is 0 Å². The lowest BCUT2D eigenvalue weighted by Crippen LogP contribution is -2.31. The second-order valence-corrected chi connectivity index (χ2v) is 6.47. The molecule has 0 aliphatic heterocycles. The van der Waals surface area contributed by atoms with E-state index in [0.29, 0.717) is 5.82 Å². The molecular formula is C12H20N4O5. The minimum absolute atomic E-state index is 0.147. The van der Waals surface area contributed by atoms with E-state index in [1.165, 1.54) is 0 Å². The van der Waals surface area contributed by atoms with Gasteiger partial charge in [-0.05, 0) is 20.8 Å². The fourth-order valence-electron chi connectivity index (χ4n) is 1.28. The summed E-state index contributed by atoms with van der Waals surface area (Å²) >= 11 is 0. The third-order valence-corrected chi connectivity index (χ3v) is 2.33. The minimum atomic E-state index is -0.718. The van der Waals surface area contributed by atoms with Crippen LogP contribution >= 0.6 is 0 Å². The summed E-state index contributed by atoms with van der Waals surface area (Å²) in [7, 11) is 0. The van der Waals surface area contributed by atoms with Crippen molar-refractivity contribution in [3.63, 3.8) is 0 Å². The minimum Gasteiger partial charge on any atom is -0.316 e. The lowest BCUT2D eigenvalue weighted by Gasteiger charge is -2.14. The van der Waals surface area contributed by atoms with Crippen LogP contribution in [0.4, 0.5) is 0 Å². The molecule has 0 aromatic carbocycles. The summed E-state index contributed by atoms with van der Waals surface area (Å²) in [5.41, 5.74) is -1.15. The van der Waals surface area contributed by atoms with Crippen molar-refractivity contribution in [1.82, 2.24) is 19.9 Å². The zero-order valence-electron chi connectivity index (χ0n) is 12.9. The second kappa shape index (κ2) is 5.58. The summed E-state index contributed by atoms with van der Waals surface area (Å²) < 4.78 is 9.91. The molecule has 2 aromatic rings. The van der Waals surface area contributed by atoms with E-state index in [1.807, 2.05) is 25.8 Å². The molecule has 9 heteroatoms. The van der Waals surface area contributed by atoms with Crippen LogP contribution in [0, 0.1) is 0 Å². The average Bonchev–Trinajstić information content (AvgIpc) is 2.84. The topological polar surface area (TPSA) is 127 Å². The third kappa shape index (κ3) is 4.62. The van der Waals surface area contributed by atoms with Gasteiger partial charge in [-0.25, -0.2) is 19.4 Å². The fraction of sp³-hybridized carbons (Fsp3) is 0.667. The highest BCUT2D eigenvalue weighted by molar-refractivity contribution is 4.96. The molecule has 0 saturated carbocycles. The zero-order valence-corrected chi connectivity index (χ0v) is 12.9. The number of nitrogens with zero attached hydrogens (tertiary/aromatic N) is 2. The summed E-state index contributed by atoms with van der Waals surface area (Å²) in [6.45, 7) is 11.1. The molecular weight excluding hydrogens is 280 g/mol. The van der Waals surface area contributed by atoms with Crippen molar-refractivity contribution in [3.8, 4) is 0 Å². The van der Waals surface area contributed by atoms with Crippen LogP contribution in [0.2, 0.25) is 0 Å². The van der Waals surface area contributed by atoms with Gasteiger partial charge in [0.25, 0.3) is 0 Å². The third-order valence-electron chi connectivity index (χ3n) is 2.33. The van der Waals surface area contributed by atoms with E-state index >= 15 is 0 Å². The SMILES string of the molecule is CC(C)(C)c1noc(=O)[nH]1.CC(C)(C)n1oc(=O)[nH]c1=O. The first-order valence-corrected chi connectivity index (χ1v) is 6.31. The Morgan fingerprint density at radius 3 is 1.71 bits per heavy atom. The molecule has 2 rings (SSSR count). The van der Waals surface area contributed by atoms with Crippen molar-refractivity contribution >= 4 is 0 Å². The molecule has 0 aliphatic carbocycles. The second-order valence-electron chi connectivity index (χ2n) is 6.47. The van der Waals surface area contributed by atoms with E-state index in [4.69, 9.17) is 0 Å². The highest BCUT2D eigenvalue weighted by Crippen LogP contribution is 2.15. The van der Waals surface area contributed by atoms with Crippen LogP contribution in [0.15, 0.2) is 23.4 Å².